The fourth-order valence-corrected chi connectivity index (χ4v) is 2.37. The standard InChI is InChI=1S/C13H17N3O/c14-16-15-8-2-5-13(17)12-7-6-10-3-1-4-11(10)9-12/h6-7,9,13,17H,1-5,8H2. The predicted octanol–water partition coefficient (Wildman–Crippen LogP) is 3.30. The molecule has 0 spiro atoms. The van der Waals surface area contributed by atoms with Gasteiger partial charge in [0, 0.05) is 11.5 Å². The summed E-state index contributed by atoms with van der Waals surface area (Å²) in [7, 11) is 0. The predicted molar refractivity (Wildman–Crippen MR) is 66.7 cm³/mol. The Balaban J connectivity index is 1.94. The zero-order valence-electron chi connectivity index (χ0n) is 9.84. The van der Waals surface area contributed by atoms with Crippen LogP contribution in [-0.4, -0.2) is 11.7 Å². The van der Waals surface area contributed by atoms with Gasteiger partial charge in [-0.15, -0.1) is 0 Å². The molecule has 1 aromatic carbocycles. The van der Waals surface area contributed by atoms with Gasteiger partial charge in [-0.05, 0) is 54.3 Å². The number of aryl methyl sites for hydroxylation is 2. The van der Waals surface area contributed by atoms with Crippen molar-refractivity contribution in [2.24, 2.45) is 5.11 Å². The van der Waals surface area contributed by atoms with Crippen molar-refractivity contribution in [3.05, 3.63) is 45.3 Å². The van der Waals surface area contributed by atoms with Crippen molar-refractivity contribution >= 4 is 0 Å². The Hall–Kier alpha value is -1.51. The monoisotopic (exact) mass is 231 g/mol. The Kier molecular flexibility index (Phi) is 4.02. The van der Waals surface area contributed by atoms with E-state index in [0.29, 0.717) is 13.0 Å². The van der Waals surface area contributed by atoms with Gasteiger partial charge in [-0.3, -0.25) is 0 Å². The molecule has 0 fully saturated rings. The summed E-state index contributed by atoms with van der Waals surface area (Å²) in [5.74, 6) is 0. The lowest BCUT2D eigenvalue weighted by molar-refractivity contribution is 0.165. The van der Waals surface area contributed by atoms with E-state index in [1.54, 1.807) is 0 Å². The third-order valence-electron chi connectivity index (χ3n) is 3.31. The average Bonchev–Trinajstić information content (AvgIpc) is 2.81. The van der Waals surface area contributed by atoms with Crippen molar-refractivity contribution in [1.29, 1.82) is 0 Å². The van der Waals surface area contributed by atoms with E-state index in [9.17, 15) is 5.11 Å². The topological polar surface area (TPSA) is 69.0 Å². The molecular formula is C13H17N3O. The van der Waals surface area contributed by atoms with Crippen molar-refractivity contribution in [1.82, 2.24) is 0 Å². The van der Waals surface area contributed by atoms with E-state index in [1.165, 1.54) is 24.0 Å². The molecule has 2 rings (SSSR count). The maximum atomic E-state index is 10.0. The van der Waals surface area contributed by atoms with E-state index in [1.807, 2.05) is 6.07 Å². The molecule has 0 radical (unpaired) electrons. The van der Waals surface area contributed by atoms with Gasteiger partial charge in [0.05, 0.1) is 6.10 Å². The zero-order valence-corrected chi connectivity index (χ0v) is 9.84. The molecule has 0 saturated carbocycles. The van der Waals surface area contributed by atoms with Gasteiger partial charge in [0.1, 0.15) is 0 Å². The number of aliphatic hydroxyl groups excluding tert-OH is 1. The average molecular weight is 231 g/mol. The Morgan fingerprint density at radius 2 is 2.18 bits per heavy atom. The summed E-state index contributed by atoms with van der Waals surface area (Å²) in [5, 5.41) is 13.5. The first-order valence-corrected chi connectivity index (χ1v) is 6.12. The molecule has 90 valence electrons. The molecule has 1 atom stereocenters. The molecule has 1 aliphatic carbocycles. The Morgan fingerprint density at radius 3 is 3.00 bits per heavy atom. The van der Waals surface area contributed by atoms with E-state index in [4.69, 9.17) is 5.53 Å². The minimum absolute atomic E-state index is 0.435. The van der Waals surface area contributed by atoms with Crippen molar-refractivity contribution in [3.63, 3.8) is 0 Å². The zero-order chi connectivity index (χ0) is 12.1. The Bertz CT molecular complexity index is 438. The lowest BCUT2D eigenvalue weighted by atomic mass is 10.00. The van der Waals surface area contributed by atoms with Gasteiger partial charge in [0.25, 0.3) is 0 Å². The number of hydrogen-bond donors (Lipinski definition) is 1. The van der Waals surface area contributed by atoms with Crippen molar-refractivity contribution in [2.45, 2.75) is 38.2 Å². The highest BCUT2D eigenvalue weighted by Crippen LogP contribution is 2.26. The molecule has 4 heteroatoms. The number of nitrogens with zero attached hydrogens (tertiary/aromatic N) is 3. The van der Waals surface area contributed by atoms with Gasteiger partial charge in [-0.2, -0.15) is 0 Å². The summed E-state index contributed by atoms with van der Waals surface area (Å²) in [4.78, 5) is 2.70. The fourth-order valence-electron chi connectivity index (χ4n) is 2.37. The second-order valence-corrected chi connectivity index (χ2v) is 4.49. The van der Waals surface area contributed by atoms with E-state index >= 15 is 0 Å². The maximum Gasteiger partial charge on any atom is 0.0790 e. The van der Waals surface area contributed by atoms with Crippen LogP contribution in [-0.2, 0) is 12.8 Å². The molecule has 17 heavy (non-hydrogen) atoms. The van der Waals surface area contributed by atoms with Crippen LogP contribution in [0.3, 0.4) is 0 Å². The molecule has 0 saturated heterocycles. The minimum atomic E-state index is -0.435. The van der Waals surface area contributed by atoms with Crippen molar-refractivity contribution in [3.8, 4) is 0 Å². The van der Waals surface area contributed by atoms with Gasteiger partial charge in [0.15, 0.2) is 0 Å². The summed E-state index contributed by atoms with van der Waals surface area (Å²) in [5.41, 5.74) is 12.0. The normalized spacial score (nSPS) is 15.1. The summed E-state index contributed by atoms with van der Waals surface area (Å²) in [6.45, 7) is 0.457. The highest BCUT2D eigenvalue weighted by molar-refractivity contribution is 5.36. The first-order valence-electron chi connectivity index (χ1n) is 6.12. The smallest absolute Gasteiger partial charge is 0.0790 e. The van der Waals surface area contributed by atoms with E-state index < -0.39 is 6.10 Å². The minimum Gasteiger partial charge on any atom is -0.388 e. The van der Waals surface area contributed by atoms with Crippen LogP contribution < -0.4 is 0 Å². The van der Waals surface area contributed by atoms with Crippen LogP contribution >= 0.6 is 0 Å². The van der Waals surface area contributed by atoms with Gasteiger partial charge < -0.3 is 5.11 Å². The van der Waals surface area contributed by atoms with Crippen molar-refractivity contribution < 1.29 is 5.11 Å². The van der Waals surface area contributed by atoms with Crippen LogP contribution in [0.25, 0.3) is 10.4 Å². The molecule has 0 amide bonds. The molecule has 1 N–H and O–H groups in total. The molecule has 0 aromatic heterocycles. The summed E-state index contributed by atoms with van der Waals surface area (Å²) in [6, 6.07) is 6.28. The number of fused-ring (bicyclic) bond motifs is 1. The summed E-state index contributed by atoms with van der Waals surface area (Å²) in [6.07, 6.45) is 4.47. The van der Waals surface area contributed by atoms with Crippen LogP contribution in [0.15, 0.2) is 23.3 Å². The van der Waals surface area contributed by atoms with Crippen LogP contribution in [0.5, 0.6) is 0 Å². The molecular weight excluding hydrogens is 214 g/mol. The van der Waals surface area contributed by atoms with E-state index in [-0.39, 0.29) is 0 Å². The van der Waals surface area contributed by atoms with Crippen LogP contribution in [0, 0.1) is 0 Å². The number of aliphatic hydroxyl groups is 1. The SMILES string of the molecule is [N-]=[N+]=NCCCC(O)c1ccc2c(c1)CCC2. The third kappa shape index (κ3) is 2.99. The van der Waals surface area contributed by atoms with Gasteiger partial charge in [-0.25, -0.2) is 0 Å². The number of rotatable bonds is 5. The molecule has 1 unspecified atom stereocenters. The molecule has 0 heterocycles. The maximum absolute atomic E-state index is 10.0. The number of hydrogen-bond acceptors (Lipinski definition) is 2. The van der Waals surface area contributed by atoms with Crippen LogP contribution in [0.2, 0.25) is 0 Å². The largest absolute Gasteiger partial charge is 0.388 e. The third-order valence-corrected chi connectivity index (χ3v) is 3.31. The lowest BCUT2D eigenvalue weighted by Crippen LogP contribution is -1.99. The molecule has 0 bridgehead atoms. The lowest BCUT2D eigenvalue weighted by Gasteiger charge is -2.11. The highest BCUT2D eigenvalue weighted by Gasteiger charge is 2.13. The first-order chi connectivity index (χ1) is 8.31. The summed E-state index contributed by atoms with van der Waals surface area (Å²) >= 11 is 0. The quantitative estimate of drug-likeness (QED) is 0.359. The first kappa shape index (κ1) is 12.0. The Morgan fingerprint density at radius 1 is 1.35 bits per heavy atom. The van der Waals surface area contributed by atoms with Gasteiger partial charge >= 0.3 is 0 Å². The van der Waals surface area contributed by atoms with Crippen molar-refractivity contribution in [2.75, 3.05) is 6.54 Å². The van der Waals surface area contributed by atoms with Gasteiger partial charge in [0.2, 0.25) is 0 Å². The molecule has 0 aliphatic heterocycles. The second kappa shape index (κ2) is 5.71. The second-order valence-electron chi connectivity index (χ2n) is 4.49. The van der Waals surface area contributed by atoms with Crippen LogP contribution in [0.4, 0.5) is 0 Å². The fraction of sp³-hybridized carbons (Fsp3) is 0.538. The van der Waals surface area contributed by atoms with Crippen LogP contribution in [0.1, 0.15) is 42.1 Å². The number of benzene rings is 1. The molecule has 4 nitrogen and oxygen atoms in total. The molecule has 1 aromatic rings. The number of azide groups is 1. The molecule has 1 aliphatic rings. The van der Waals surface area contributed by atoms with Gasteiger partial charge in [-0.1, -0.05) is 23.3 Å². The highest BCUT2D eigenvalue weighted by atomic mass is 16.3. The van der Waals surface area contributed by atoms with E-state index in [2.05, 4.69) is 22.2 Å². The summed E-state index contributed by atoms with van der Waals surface area (Å²) < 4.78 is 0. The Labute approximate surface area is 101 Å². The van der Waals surface area contributed by atoms with E-state index in [0.717, 1.165) is 18.4 Å².